The van der Waals surface area contributed by atoms with Crippen LogP contribution < -0.4 is 11.1 Å². The maximum Gasteiger partial charge on any atom is 0.253 e. The zero-order valence-electron chi connectivity index (χ0n) is 11.8. The Labute approximate surface area is 123 Å². The summed E-state index contributed by atoms with van der Waals surface area (Å²) in [6.07, 6.45) is 6.59. The number of carbonyl (C=O) groups is 1. The van der Waals surface area contributed by atoms with E-state index in [4.69, 9.17) is 5.73 Å². The third-order valence-corrected chi connectivity index (χ3v) is 2.92. The summed E-state index contributed by atoms with van der Waals surface area (Å²) < 4.78 is 0. The number of rotatable bonds is 3. The summed E-state index contributed by atoms with van der Waals surface area (Å²) in [6.45, 7) is 2.68. The highest BCUT2D eigenvalue weighted by Gasteiger charge is 2.07. The van der Waals surface area contributed by atoms with Crippen molar-refractivity contribution in [2.24, 2.45) is 5.73 Å². The van der Waals surface area contributed by atoms with Crippen molar-refractivity contribution >= 4 is 5.91 Å². The molecule has 0 saturated carbocycles. The molecule has 0 aliphatic rings. The number of carbonyl (C=O) groups excluding carboxylic acids is 1. The highest BCUT2D eigenvalue weighted by atomic mass is 16.1. The normalized spacial score (nSPS) is 9.62. The van der Waals surface area contributed by atoms with Gasteiger partial charge >= 0.3 is 0 Å². The Morgan fingerprint density at radius 1 is 1.33 bits per heavy atom. The summed E-state index contributed by atoms with van der Waals surface area (Å²) >= 11 is 0. The summed E-state index contributed by atoms with van der Waals surface area (Å²) in [5.74, 6) is 5.40. The van der Waals surface area contributed by atoms with Crippen molar-refractivity contribution < 1.29 is 4.79 Å². The SMILES string of the molecule is Cc1ccncc1CNC(=O)c1cncc(C#CCN)c1. The molecular weight excluding hydrogens is 264 g/mol. The molecule has 0 fully saturated rings. The standard InChI is InChI=1S/C16H16N4O/c1-12-4-6-18-10-15(12)11-20-16(21)14-7-13(3-2-5-17)8-19-9-14/h4,6-10H,5,11,17H2,1H3,(H,20,21). The van der Waals surface area contributed by atoms with Gasteiger partial charge in [-0.2, -0.15) is 0 Å². The molecule has 0 atom stereocenters. The van der Waals surface area contributed by atoms with Gasteiger partial charge < -0.3 is 11.1 Å². The lowest BCUT2D eigenvalue weighted by atomic mass is 10.1. The number of aromatic nitrogens is 2. The van der Waals surface area contributed by atoms with Crippen molar-refractivity contribution in [3.8, 4) is 11.8 Å². The minimum atomic E-state index is -0.192. The van der Waals surface area contributed by atoms with Crippen molar-refractivity contribution in [3.63, 3.8) is 0 Å². The minimum Gasteiger partial charge on any atom is -0.348 e. The number of amides is 1. The molecule has 0 aromatic carbocycles. The zero-order valence-corrected chi connectivity index (χ0v) is 11.8. The number of hydrogen-bond acceptors (Lipinski definition) is 4. The first-order valence-electron chi connectivity index (χ1n) is 6.52. The topological polar surface area (TPSA) is 80.9 Å². The molecule has 0 unspecified atom stereocenters. The predicted molar refractivity (Wildman–Crippen MR) is 80.3 cm³/mol. The lowest BCUT2D eigenvalue weighted by molar-refractivity contribution is 0.0950. The fraction of sp³-hybridized carbons (Fsp3) is 0.188. The largest absolute Gasteiger partial charge is 0.348 e. The van der Waals surface area contributed by atoms with Crippen LogP contribution in [0.5, 0.6) is 0 Å². The quantitative estimate of drug-likeness (QED) is 0.823. The molecule has 0 radical (unpaired) electrons. The van der Waals surface area contributed by atoms with E-state index >= 15 is 0 Å². The predicted octanol–water partition coefficient (Wildman–Crippen LogP) is 1.03. The van der Waals surface area contributed by atoms with Crippen LogP contribution in [0.3, 0.4) is 0 Å². The maximum absolute atomic E-state index is 12.1. The molecule has 1 amide bonds. The molecule has 0 aliphatic heterocycles. The van der Waals surface area contributed by atoms with Gasteiger partial charge in [0.25, 0.3) is 5.91 Å². The lowest BCUT2D eigenvalue weighted by Crippen LogP contribution is -2.23. The lowest BCUT2D eigenvalue weighted by Gasteiger charge is -2.07. The smallest absolute Gasteiger partial charge is 0.253 e. The molecule has 2 aromatic rings. The first kappa shape index (κ1) is 14.7. The Morgan fingerprint density at radius 2 is 2.19 bits per heavy atom. The Balaban J connectivity index is 2.05. The van der Waals surface area contributed by atoms with Crippen molar-refractivity contribution in [2.45, 2.75) is 13.5 Å². The van der Waals surface area contributed by atoms with E-state index in [-0.39, 0.29) is 12.5 Å². The second-order valence-electron chi connectivity index (χ2n) is 4.45. The van der Waals surface area contributed by atoms with Crippen LogP contribution in [0.1, 0.15) is 27.0 Å². The molecule has 0 aliphatic carbocycles. The van der Waals surface area contributed by atoms with Crippen LogP contribution >= 0.6 is 0 Å². The third-order valence-electron chi connectivity index (χ3n) is 2.92. The van der Waals surface area contributed by atoms with Crippen LogP contribution in [0.4, 0.5) is 0 Å². The summed E-state index contributed by atoms with van der Waals surface area (Å²) in [6, 6.07) is 3.60. The van der Waals surface area contributed by atoms with Crippen molar-refractivity contribution in [1.82, 2.24) is 15.3 Å². The van der Waals surface area contributed by atoms with Crippen molar-refractivity contribution in [3.05, 3.63) is 59.2 Å². The van der Waals surface area contributed by atoms with E-state index in [1.165, 1.54) is 6.20 Å². The number of nitrogens with one attached hydrogen (secondary N) is 1. The minimum absolute atomic E-state index is 0.192. The molecule has 0 bridgehead atoms. The van der Waals surface area contributed by atoms with E-state index in [1.54, 1.807) is 24.7 Å². The van der Waals surface area contributed by atoms with Gasteiger partial charge in [-0.1, -0.05) is 11.8 Å². The highest BCUT2D eigenvalue weighted by molar-refractivity contribution is 5.94. The second-order valence-corrected chi connectivity index (χ2v) is 4.45. The van der Waals surface area contributed by atoms with Gasteiger partial charge in [0.15, 0.2) is 0 Å². The van der Waals surface area contributed by atoms with Gasteiger partial charge in [-0.15, -0.1) is 0 Å². The molecule has 0 spiro atoms. The Kier molecular flexibility index (Phi) is 5.02. The molecule has 5 nitrogen and oxygen atoms in total. The van der Waals surface area contributed by atoms with E-state index in [1.807, 2.05) is 13.0 Å². The number of pyridine rings is 2. The van der Waals surface area contributed by atoms with Gasteiger partial charge in [-0.3, -0.25) is 14.8 Å². The van der Waals surface area contributed by atoms with Gasteiger partial charge in [-0.05, 0) is 30.2 Å². The average molecular weight is 280 g/mol. The molecule has 0 saturated heterocycles. The number of nitrogens with zero attached hydrogens (tertiary/aromatic N) is 2. The van der Waals surface area contributed by atoms with Crippen LogP contribution in [0.15, 0.2) is 36.9 Å². The molecule has 2 heterocycles. The molecule has 5 heteroatoms. The van der Waals surface area contributed by atoms with E-state index in [2.05, 4.69) is 27.1 Å². The maximum atomic E-state index is 12.1. The van der Waals surface area contributed by atoms with Crippen molar-refractivity contribution in [2.75, 3.05) is 6.54 Å². The molecule has 2 rings (SSSR count). The van der Waals surface area contributed by atoms with E-state index in [0.29, 0.717) is 17.7 Å². The van der Waals surface area contributed by atoms with Crippen LogP contribution in [-0.2, 0) is 6.54 Å². The Hall–Kier alpha value is -2.71. The fourth-order valence-electron chi connectivity index (χ4n) is 1.74. The second kappa shape index (κ2) is 7.17. The molecule has 2 aromatic heterocycles. The van der Waals surface area contributed by atoms with Crippen LogP contribution in [-0.4, -0.2) is 22.4 Å². The third kappa shape index (κ3) is 4.13. The summed E-state index contributed by atoms with van der Waals surface area (Å²) in [5.41, 5.74) is 8.54. The number of aryl methyl sites for hydroxylation is 1. The van der Waals surface area contributed by atoms with Gasteiger partial charge in [-0.25, -0.2) is 0 Å². The van der Waals surface area contributed by atoms with Gasteiger partial charge in [0.1, 0.15) is 0 Å². The number of hydrogen-bond donors (Lipinski definition) is 2. The first-order chi connectivity index (χ1) is 10.2. The Bertz CT molecular complexity index is 701. The zero-order chi connectivity index (χ0) is 15.1. The van der Waals surface area contributed by atoms with Crippen LogP contribution in [0, 0.1) is 18.8 Å². The monoisotopic (exact) mass is 280 g/mol. The average Bonchev–Trinajstić information content (AvgIpc) is 2.52. The van der Waals surface area contributed by atoms with Gasteiger partial charge in [0.05, 0.1) is 12.1 Å². The van der Waals surface area contributed by atoms with Crippen LogP contribution in [0.25, 0.3) is 0 Å². The summed E-state index contributed by atoms with van der Waals surface area (Å²) in [4.78, 5) is 20.2. The summed E-state index contributed by atoms with van der Waals surface area (Å²) in [5, 5.41) is 2.85. The molecular formula is C16H16N4O. The highest BCUT2D eigenvalue weighted by Crippen LogP contribution is 2.06. The molecule has 21 heavy (non-hydrogen) atoms. The fourth-order valence-corrected chi connectivity index (χ4v) is 1.74. The van der Waals surface area contributed by atoms with Gasteiger partial charge in [0, 0.05) is 36.9 Å². The van der Waals surface area contributed by atoms with Crippen molar-refractivity contribution in [1.29, 1.82) is 0 Å². The van der Waals surface area contributed by atoms with E-state index < -0.39 is 0 Å². The van der Waals surface area contributed by atoms with E-state index in [9.17, 15) is 4.79 Å². The number of nitrogens with two attached hydrogens (primary N) is 1. The van der Waals surface area contributed by atoms with Crippen LogP contribution in [0.2, 0.25) is 0 Å². The Morgan fingerprint density at radius 3 is 2.95 bits per heavy atom. The van der Waals surface area contributed by atoms with Gasteiger partial charge in [0.2, 0.25) is 0 Å². The molecule has 106 valence electrons. The summed E-state index contributed by atoms with van der Waals surface area (Å²) in [7, 11) is 0. The van der Waals surface area contributed by atoms with E-state index in [0.717, 1.165) is 11.1 Å². The molecule has 3 N–H and O–H groups in total. The first-order valence-corrected chi connectivity index (χ1v) is 6.52.